The van der Waals surface area contributed by atoms with E-state index < -0.39 is 34.3 Å². The van der Waals surface area contributed by atoms with Crippen molar-refractivity contribution >= 4 is 33.7 Å². The molecule has 31 heavy (non-hydrogen) atoms. The molecule has 0 bridgehead atoms. The molecule has 10 heteroatoms. The van der Waals surface area contributed by atoms with Crippen LogP contribution < -0.4 is 5.32 Å². The highest BCUT2D eigenvalue weighted by atomic mass is 32.2. The smallest absolute Gasteiger partial charge is 0.331 e. The minimum Gasteiger partial charge on any atom is -0.452 e. The second-order valence-electron chi connectivity index (χ2n) is 6.55. The Kier molecular flexibility index (Phi) is 7.50. The van der Waals surface area contributed by atoms with Gasteiger partial charge >= 0.3 is 5.97 Å². The number of esters is 1. The Morgan fingerprint density at radius 2 is 1.77 bits per heavy atom. The van der Waals surface area contributed by atoms with Gasteiger partial charge in [-0.1, -0.05) is 24.3 Å². The first-order chi connectivity index (χ1) is 14.9. The Morgan fingerprint density at radius 3 is 2.45 bits per heavy atom. The van der Waals surface area contributed by atoms with E-state index >= 15 is 0 Å². The van der Waals surface area contributed by atoms with Crippen LogP contribution in [0.4, 0.5) is 10.1 Å². The van der Waals surface area contributed by atoms with Crippen LogP contribution in [-0.4, -0.2) is 57.5 Å². The van der Waals surface area contributed by atoms with Crippen molar-refractivity contribution in [1.82, 2.24) is 4.31 Å². The molecule has 1 fully saturated rings. The molecule has 0 atom stereocenters. The third-order valence-corrected chi connectivity index (χ3v) is 6.31. The highest BCUT2D eigenvalue weighted by Gasteiger charge is 2.25. The van der Waals surface area contributed by atoms with Crippen LogP contribution in [0.5, 0.6) is 0 Å². The fourth-order valence-electron chi connectivity index (χ4n) is 2.78. The minimum atomic E-state index is -3.59. The maximum Gasteiger partial charge on any atom is 0.331 e. The summed E-state index contributed by atoms with van der Waals surface area (Å²) in [6, 6.07) is 11.7. The molecule has 0 aromatic heterocycles. The third-order valence-electron chi connectivity index (χ3n) is 4.39. The molecule has 164 valence electrons. The van der Waals surface area contributed by atoms with Crippen LogP contribution in [0.3, 0.4) is 0 Å². The van der Waals surface area contributed by atoms with Crippen LogP contribution in [0.1, 0.15) is 5.56 Å². The monoisotopic (exact) mass is 448 g/mol. The lowest BCUT2D eigenvalue weighted by molar-refractivity contribution is -0.142. The highest BCUT2D eigenvalue weighted by molar-refractivity contribution is 7.89. The molecule has 0 saturated carbocycles. The number of carbonyl (C=O) groups is 2. The number of rotatable bonds is 7. The predicted molar refractivity (Wildman–Crippen MR) is 111 cm³/mol. The van der Waals surface area contributed by atoms with Crippen molar-refractivity contribution in [3.05, 3.63) is 66.0 Å². The van der Waals surface area contributed by atoms with Gasteiger partial charge in [-0.25, -0.2) is 17.6 Å². The lowest BCUT2D eigenvalue weighted by atomic mass is 10.2. The Hall–Kier alpha value is -3.08. The molecule has 0 unspecified atom stereocenters. The molecule has 2 aromatic carbocycles. The zero-order valence-corrected chi connectivity index (χ0v) is 17.3. The third kappa shape index (κ3) is 6.20. The summed E-state index contributed by atoms with van der Waals surface area (Å²) in [7, 11) is -3.59. The summed E-state index contributed by atoms with van der Waals surface area (Å²) in [5, 5.41) is 2.30. The fraction of sp³-hybridized carbons (Fsp3) is 0.238. The zero-order chi connectivity index (χ0) is 22.3. The topological polar surface area (TPSA) is 102 Å². The molecule has 1 amide bonds. The molecule has 0 spiro atoms. The largest absolute Gasteiger partial charge is 0.452 e. The van der Waals surface area contributed by atoms with Gasteiger partial charge < -0.3 is 14.8 Å². The van der Waals surface area contributed by atoms with Crippen LogP contribution in [-0.2, 0) is 29.1 Å². The molecule has 2 aromatic rings. The van der Waals surface area contributed by atoms with Gasteiger partial charge in [0.2, 0.25) is 10.0 Å². The first-order valence-corrected chi connectivity index (χ1v) is 10.9. The fourth-order valence-corrected chi connectivity index (χ4v) is 4.19. The van der Waals surface area contributed by atoms with Crippen molar-refractivity contribution in [2.45, 2.75) is 4.90 Å². The van der Waals surface area contributed by atoms with E-state index in [0.29, 0.717) is 31.9 Å². The summed E-state index contributed by atoms with van der Waals surface area (Å²) in [4.78, 5) is 23.7. The van der Waals surface area contributed by atoms with Crippen molar-refractivity contribution in [1.29, 1.82) is 0 Å². The van der Waals surface area contributed by atoms with Gasteiger partial charge in [0.1, 0.15) is 5.82 Å². The first-order valence-electron chi connectivity index (χ1n) is 9.43. The zero-order valence-electron chi connectivity index (χ0n) is 16.5. The molecule has 3 rings (SSSR count). The Balaban J connectivity index is 1.51. The lowest BCUT2D eigenvalue weighted by Crippen LogP contribution is -2.40. The number of amides is 1. The summed E-state index contributed by atoms with van der Waals surface area (Å²) in [5.74, 6) is -2.04. The predicted octanol–water partition coefficient (Wildman–Crippen LogP) is 2.04. The number of sulfonamides is 1. The summed E-state index contributed by atoms with van der Waals surface area (Å²) < 4.78 is 50.0. The van der Waals surface area contributed by atoms with Crippen LogP contribution in [0.2, 0.25) is 0 Å². The van der Waals surface area contributed by atoms with Crippen molar-refractivity contribution in [2.24, 2.45) is 0 Å². The standard InChI is InChI=1S/C21H21FN2O6S/c22-18-3-1-2-4-19(18)23-20(25)15-30-21(26)10-7-16-5-8-17(9-6-16)31(27,28)24-11-13-29-14-12-24/h1-10H,11-15H2,(H,23,25). The van der Waals surface area contributed by atoms with Crippen molar-refractivity contribution in [3.8, 4) is 0 Å². The molecular formula is C21H21FN2O6S. The Labute approximate surface area is 179 Å². The maximum absolute atomic E-state index is 13.5. The lowest BCUT2D eigenvalue weighted by Gasteiger charge is -2.26. The minimum absolute atomic E-state index is 0.00814. The number of hydrogen-bond acceptors (Lipinski definition) is 6. The molecule has 8 nitrogen and oxygen atoms in total. The van der Waals surface area contributed by atoms with Crippen LogP contribution >= 0.6 is 0 Å². The number of nitrogens with zero attached hydrogens (tertiary/aromatic N) is 1. The molecule has 1 heterocycles. The van der Waals surface area contributed by atoms with E-state index in [4.69, 9.17) is 9.47 Å². The van der Waals surface area contributed by atoms with Gasteiger partial charge in [-0.15, -0.1) is 0 Å². The summed E-state index contributed by atoms with van der Waals surface area (Å²) in [6.07, 6.45) is 2.55. The number of para-hydroxylation sites is 1. The second-order valence-corrected chi connectivity index (χ2v) is 8.49. The summed E-state index contributed by atoms with van der Waals surface area (Å²) in [5.41, 5.74) is 0.569. The molecule has 1 saturated heterocycles. The number of nitrogens with one attached hydrogen (secondary N) is 1. The molecule has 0 radical (unpaired) electrons. The van der Waals surface area contributed by atoms with Gasteiger partial charge in [0.05, 0.1) is 23.8 Å². The van der Waals surface area contributed by atoms with E-state index in [1.807, 2.05) is 0 Å². The van der Waals surface area contributed by atoms with Gasteiger partial charge in [-0.2, -0.15) is 4.31 Å². The van der Waals surface area contributed by atoms with E-state index in [1.165, 1.54) is 40.7 Å². The number of morpholine rings is 1. The average molecular weight is 448 g/mol. The number of anilines is 1. The van der Waals surface area contributed by atoms with Crippen molar-refractivity contribution in [3.63, 3.8) is 0 Å². The molecule has 1 aliphatic rings. The Morgan fingerprint density at radius 1 is 1.10 bits per heavy atom. The van der Waals surface area contributed by atoms with Crippen molar-refractivity contribution in [2.75, 3.05) is 38.2 Å². The normalized spacial score (nSPS) is 15.0. The maximum atomic E-state index is 13.5. The van der Waals surface area contributed by atoms with Gasteiger partial charge in [-0.05, 0) is 35.9 Å². The summed E-state index contributed by atoms with van der Waals surface area (Å²) >= 11 is 0. The van der Waals surface area contributed by atoms with Gasteiger partial charge in [0, 0.05) is 19.2 Å². The first kappa shape index (κ1) is 22.6. The average Bonchev–Trinajstić information content (AvgIpc) is 2.79. The van der Waals surface area contributed by atoms with E-state index in [0.717, 1.165) is 6.08 Å². The van der Waals surface area contributed by atoms with Crippen LogP contribution in [0.25, 0.3) is 6.08 Å². The summed E-state index contributed by atoms with van der Waals surface area (Å²) in [6.45, 7) is 0.760. The van der Waals surface area contributed by atoms with Gasteiger partial charge in [-0.3, -0.25) is 4.79 Å². The van der Waals surface area contributed by atoms with Gasteiger partial charge in [0.25, 0.3) is 5.91 Å². The molecule has 0 aliphatic carbocycles. The number of carbonyl (C=O) groups excluding carboxylic acids is 2. The number of hydrogen-bond donors (Lipinski definition) is 1. The van der Waals surface area contributed by atoms with E-state index in [2.05, 4.69) is 5.32 Å². The Bertz CT molecular complexity index is 1060. The number of ether oxygens (including phenoxy) is 2. The SMILES string of the molecule is O=C(COC(=O)C=Cc1ccc(S(=O)(=O)N2CCOCC2)cc1)Nc1ccccc1F. The molecule has 1 aliphatic heterocycles. The molecular weight excluding hydrogens is 427 g/mol. The number of halogens is 1. The quantitative estimate of drug-likeness (QED) is 0.514. The van der Waals surface area contributed by atoms with E-state index in [-0.39, 0.29) is 10.6 Å². The van der Waals surface area contributed by atoms with Crippen molar-refractivity contribution < 1.29 is 31.9 Å². The van der Waals surface area contributed by atoms with Gasteiger partial charge in [0.15, 0.2) is 6.61 Å². The van der Waals surface area contributed by atoms with E-state index in [1.54, 1.807) is 18.2 Å². The second kappa shape index (κ2) is 10.3. The van der Waals surface area contributed by atoms with Crippen LogP contribution in [0.15, 0.2) is 59.5 Å². The highest BCUT2D eigenvalue weighted by Crippen LogP contribution is 2.18. The number of benzene rings is 2. The molecule has 1 N–H and O–H groups in total. The van der Waals surface area contributed by atoms with Crippen LogP contribution in [0, 0.1) is 5.82 Å². The van der Waals surface area contributed by atoms with E-state index in [9.17, 15) is 22.4 Å².